The number of aromatic nitrogens is 3. The molecule has 0 bridgehead atoms. The van der Waals surface area contributed by atoms with E-state index in [2.05, 4.69) is 41.5 Å². The predicted octanol–water partition coefficient (Wildman–Crippen LogP) is 4.64. The number of hydrogen-bond donors (Lipinski definition) is 2. The number of H-pyrrole nitrogens is 1. The van der Waals surface area contributed by atoms with Gasteiger partial charge in [0.05, 0.1) is 12.3 Å². The molecule has 0 radical (unpaired) electrons. The maximum absolute atomic E-state index is 9.59. The molecule has 0 amide bonds. The first-order chi connectivity index (χ1) is 12.8. The van der Waals surface area contributed by atoms with Gasteiger partial charge in [-0.1, -0.05) is 36.4 Å². The third-order valence-electron chi connectivity index (χ3n) is 4.80. The summed E-state index contributed by atoms with van der Waals surface area (Å²) >= 11 is 0. The number of nitrogens with zero attached hydrogens (tertiary/aromatic N) is 2. The SMILES string of the molecule is OCc1ccccc1-c1ccc2nc(-c3ccc4cc[nH]c4c3)cn2c1. The first-order valence-corrected chi connectivity index (χ1v) is 8.57. The van der Waals surface area contributed by atoms with Crippen molar-refractivity contribution < 1.29 is 5.11 Å². The summed E-state index contributed by atoms with van der Waals surface area (Å²) in [7, 11) is 0. The second kappa shape index (κ2) is 5.86. The highest BCUT2D eigenvalue weighted by molar-refractivity contribution is 5.84. The summed E-state index contributed by atoms with van der Waals surface area (Å²) in [6.07, 6.45) is 6.06. The van der Waals surface area contributed by atoms with E-state index < -0.39 is 0 Å². The lowest BCUT2D eigenvalue weighted by Gasteiger charge is -2.07. The molecule has 4 nitrogen and oxygen atoms in total. The number of nitrogens with one attached hydrogen (secondary N) is 1. The fourth-order valence-corrected chi connectivity index (χ4v) is 3.44. The quantitative estimate of drug-likeness (QED) is 0.503. The van der Waals surface area contributed by atoms with Gasteiger partial charge in [-0.2, -0.15) is 0 Å². The van der Waals surface area contributed by atoms with Crippen molar-refractivity contribution in [3.8, 4) is 22.4 Å². The molecule has 0 fully saturated rings. The minimum Gasteiger partial charge on any atom is -0.392 e. The van der Waals surface area contributed by atoms with Gasteiger partial charge >= 0.3 is 0 Å². The molecule has 0 atom stereocenters. The van der Waals surface area contributed by atoms with Gasteiger partial charge in [0.1, 0.15) is 5.65 Å². The summed E-state index contributed by atoms with van der Waals surface area (Å²) in [5, 5.41) is 10.8. The second-order valence-corrected chi connectivity index (χ2v) is 6.40. The van der Waals surface area contributed by atoms with E-state index in [1.165, 1.54) is 5.39 Å². The lowest BCUT2D eigenvalue weighted by atomic mass is 10.0. The van der Waals surface area contributed by atoms with Crippen molar-refractivity contribution in [2.24, 2.45) is 0 Å². The second-order valence-electron chi connectivity index (χ2n) is 6.40. The first kappa shape index (κ1) is 14.9. The fraction of sp³-hybridized carbons (Fsp3) is 0.0455. The van der Waals surface area contributed by atoms with Gasteiger partial charge in [-0.15, -0.1) is 0 Å². The van der Waals surface area contributed by atoms with Crippen LogP contribution in [0.2, 0.25) is 0 Å². The van der Waals surface area contributed by atoms with Crippen LogP contribution in [-0.4, -0.2) is 19.5 Å². The van der Waals surface area contributed by atoms with E-state index in [9.17, 15) is 5.11 Å². The van der Waals surface area contributed by atoms with Crippen LogP contribution >= 0.6 is 0 Å². The molecule has 0 aliphatic heterocycles. The van der Waals surface area contributed by atoms with Crippen LogP contribution in [0.15, 0.2) is 79.3 Å². The van der Waals surface area contributed by atoms with E-state index >= 15 is 0 Å². The molecule has 126 valence electrons. The van der Waals surface area contributed by atoms with Crippen LogP contribution in [0.5, 0.6) is 0 Å². The molecule has 2 N–H and O–H groups in total. The average Bonchev–Trinajstić information content (AvgIpc) is 3.33. The van der Waals surface area contributed by atoms with E-state index in [-0.39, 0.29) is 6.61 Å². The van der Waals surface area contributed by atoms with Gasteiger partial charge in [-0.05, 0) is 46.3 Å². The van der Waals surface area contributed by atoms with Crippen molar-refractivity contribution >= 4 is 16.6 Å². The molecule has 0 unspecified atom stereocenters. The standard InChI is InChI=1S/C22H17N3O/c26-14-18-3-1-2-4-19(18)17-7-8-22-24-21(13-25(22)12-17)16-6-5-15-9-10-23-20(15)11-16/h1-13,23,26H,14H2. The Morgan fingerprint density at radius 2 is 1.81 bits per heavy atom. The minimum atomic E-state index is 0.0273. The molecule has 0 aliphatic rings. The van der Waals surface area contributed by atoms with Crippen LogP contribution in [-0.2, 0) is 6.61 Å². The highest BCUT2D eigenvalue weighted by Gasteiger charge is 2.09. The van der Waals surface area contributed by atoms with Crippen molar-refractivity contribution in [1.82, 2.24) is 14.4 Å². The summed E-state index contributed by atoms with van der Waals surface area (Å²) in [6.45, 7) is 0.0273. The Hall–Kier alpha value is -3.37. The van der Waals surface area contributed by atoms with Crippen LogP contribution in [0.25, 0.3) is 38.9 Å². The zero-order valence-electron chi connectivity index (χ0n) is 14.1. The van der Waals surface area contributed by atoms with Gasteiger partial charge in [0.15, 0.2) is 0 Å². The van der Waals surface area contributed by atoms with Crippen molar-refractivity contribution in [3.63, 3.8) is 0 Å². The van der Waals surface area contributed by atoms with Crippen LogP contribution in [0.1, 0.15) is 5.56 Å². The molecule has 5 aromatic rings. The number of hydrogen-bond acceptors (Lipinski definition) is 2. The molecule has 2 aromatic carbocycles. The highest BCUT2D eigenvalue weighted by Crippen LogP contribution is 2.27. The summed E-state index contributed by atoms with van der Waals surface area (Å²) in [5.41, 5.74) is 7.05. The first-order valence-electron chi connectivity index (χ1n) is 8.57. The topological polar surface area (TPSA) is 53.3 Å². The van der Waals surface area contributed by atoms with Crippen LogP contribution in [0, 0.1) is 0 Å². The fourth-order valence-electron chi connectivity index (χ4n) is 3.44. The Morgan fingerprint density at radius 3 is 2.73 bits per heavy atom. The monoisotopic (exact) mass is 339 g/mol. The van der Waals surface area contributed by atoms with E-state index in [0.717, 1.165) is 39.1 Å². The predicted molar refractivity (Wildman–Crippen MR) is 104 cm³/mol. The summed E-state index contributed by atoms with van der Waals surface area (Å²) < 4.78 is 2.04. The number of aliphatic hydroxyl groups is 1. The van der Waals surface area contributed by atoms with E-state index in [1.54, 1.807) is 0 Å². The van der Waals surface area contributed by atoms with Gasteiger partial charge < -0.3 is 14.5 Å². The third-order valence-corrected chi connectivity index (χ3v) is 4.80. The van der Waals surface area contributed by atoms with Crippen LogP contribution in [0.4, 0.5) is 0 Å². The van der Waals surface area contributed by atoms with Crippen LogP contribution in [0.3, 0.4) is 0 Å². The molecule has 5 rings (SSSR count). The largest absolute Gasteiger partial charge is 0.392 e. The summed E-state index contributed by atoms with van der Waals surface area (Å²) in [6, 6.07) is 20.4. The van der Waals surface area contributed by atoms with Gasteiger partial charge in [-0.25, -0.2) is 4.98 Å². The number of rotatable bonds is 3. The Labute approximate surface area is 150 Å². The van der Waals surface area contributed by atoms with E-state index in [0.29, 0.717) is 0 Å². The summed E-state index contributed by atoms with van der Waals surface area (Å²) in [5.74, 6) is 0. The maximum Gasteiger partial charge on any atom is 0.137 e. The van der Waals surface area contributed by atoms with Crippen molar-refractivity contribution in [2.75, 3.05) is 0 Å². The number of aromatic amines is 1. The zero-order chi connectivity index (χ0) is 17.5. The smallest absolute Gasteiger partial charge is 0.137 e. The molecular weight excluding hydrogens is 322 g/mol. The van der Waals surface area contributed by atoms with Gasteiger partial charge in [-0.3, -0.25) is 0 Å². The van der Waals surface area contributed by atoms with Crippen LogP contribution < -0.4 is 0 Å². The van der Waals surface area contributed by atoms with Gasteiger partial charge in [0, 0.05) is 29.7 Å². The number of fused-ring (bicyclic) bond motifs is 2. The van der Waals surface area contributed by atoms with E-state index in [1.807, 2.05) is 47.1 Å². The molecular formula is C22H17N3O. The lowest BCUT2D eigenvalue weighted by molar-refractivity contribution is 0.282. The molecule has 4 heteroatoms. The molecule has 0 aliphatic carbocycles. The molecule has 0 spiro atoms. The number of aliphatic hydroxyl groups excluding tert-OH is 1. The average molecular weight is 339 g/mol. The highest BCUT2D eigenvalue weighted by atomic mass is 16.3. The van der Waals surface area contributed by atoms with Crippen molar-refractivity contribution in [2.45, 2.75) is 6.61 Å². The molecule has 0 saturated heterocycles. The number of benzene rings is 2. The number of pyridine rings is 1. The third kappa shape index (κ3) is 2.39. The molecule has 3 heterocycles. The van der Waals surface area contributed by atoms with Gasteiger partial charge in [0.2, 0.25) is 0 Å². The Morgan fingerprint density at radius 1 is 0.923 bits per heavy atom. The molecule has 26 heavy (non-hydrogen) atoms. The Balaban J connectivity index is 1.61. The Kier molecular flexibility index (Phi) is 3.37. The summed E-state index contributed by atoms with van der Waals surface area (Å²) in [4.78, 5) is 8.00. The Bertz CT molecular complexity index is 1230. The molecule has 0 saturated carbocycles. The number of imidazole rings is 1. The normalized spacial score (nSPS) is 11.4. The maximum atomic E-state index is 9.59. The molecule has 3 aromatic heterocycles. The van der Waals surface area contributed by atoms with Gasteiger partial charge in [0.25, 0.3) is 0 Å². The van der Waals surface area contributed by atoms with Crippen molar-refractivity contribution in [1.29, 1.82) is 0 Å². The van der Waals surface area contributed by atoms with Crippen molar-refractivity contribution in [3.05, 3.63) is 84.8 Å². The minimum absolute atomic E-state index is 0.0273. The zero-order valence-corrected chi connectivity index (χ0v) is 14.1. The van der Waals surface area contributed by atoms with E-state index in [4.69, 9.17) is 4.98 Å². The lowest BCUT2D eigenvalue weighted by Crippen LogP contribution is -1.91.